The highest BCUT2D eigenvalue weighted by Crippen LogP contribution is 2.30. The second kappa shape index (κ2) is 6.61. The number of carbonyl (C=O) groups is 1. The lowest BCUT2D eigenvalue weighted by Crippen LogP contribution is -2.38. The normalized spacial score (nSPS) is 19.4. The molecule has 0 radical (unpaired) electrons. The van der Waals surface area contributed by atoms with Crippen LogP contribution in [-0.4, -0.2) is 45.2 Å². The van der Waals surface area contributed by atoms with Gasteiger partial charge in [-0.3, -0.25) is 4.79 Å². The monoisotopic (exact) mass is 278 g/mol. The van der Waals surface area contributed by atoms with Gasteiger partial charge in [-0.05, 0) is 38.6 Å². The molecule has 0 unspecified atom stereocenters. The minimum Gasteiger partial charge on any atom is -0.493 e. The van der Waals surface area contributed by atoms with E-state index in [-0.39, 0.29) is 11.8 Å². The molecule has 2 rings (SSSR count). The van der Waals surface area contributed by atoms with Gasteiger partial charge in [-0.2, -0.15) is 0 Å². The fourth-order valence-electron chi connectivity index (χ4n) is 2.54. The zero-order valence-corrected chi connectivity index (χ0v) is 12.3. The molecule has 0 aliphatic carbocycles. The Bertz CT molecular complexity index is 476. The molecule has 1 heterocycles. The summed E-state index contributed by atoms with van der Waals surface area (Å²) >= 11 is 0. The van der Waals surface area contributed by atoms with Crippen molar-refractivity contribution >= 4 is 11.6 Å². The Morgan fingerprint density at radius 3 is 2.70 bits per heavy atom. The van der Waals surface area contributed by atoms with Crippen LogP contribution in [0.25, 0.3) is 0 Å². The Kier molecular flexibility index (Phi) is 4.84. The zero-order chi connectivity index (χ0) is 14.5. The molecule has 0 aromatic heterocycles. The number of amides is 1. The van der Waals surface area contributed by atoms with Gasteiger partial charge in [-0.15, -0.1) is 0 Å². The first-order valence-electron chi connectivity index (χ1n) is 6.85. The third-order valence-corrected chi connectivity index (χ3v) is 3.65. The van der Waals surface area contributed by atoms with Crippen molar-refractivity contribution < 1.29 is 14.3 Å². The predicted octanol–water partition coefficient (Wildman–Crippen LogP) is 1.98. The van der Waals surface area contributed by atoms with Crippen LogP contribution < -0.4 is 14.8 Å². The number of rotatable bonds is 4. The molecule has 0 saturated carbocycles. The number of ether oxygens (including phenoxy) is 2. The molecule has 1 aromatic carbocycles. The second-order valence-corrected chi connectivity index (χ2v) is 5.16. The van der Waals surface area contributed by atoms with E-state index in [0.29, 0.717) is 11.5 Å². The summed E-state index contributed by atoms with van der Waals surface area (Å²) < 4.78 is 10.4. The molecule has 1 aliphatic rings. The van der Waals surface area contributed by atoms with Crippen LogP contribution >= 0.6 is 0 Å². The van der Waals surface area contributed by atoms with Gasteiger partial charge >= 0.3 is 0 Å². The van der Waals surface area contributed by atoms with Crippen LogP contribution in [0.2, 0.25) is 0 Å². The van der Waals surface area contributed by atoms with Gasteiger partial charge in [0.1, 0.15) is 0 Å². The van der Waals surface area contributed by atoms with Crippen molar-refractivity contribution in [3.05, 3.63) is 18.2 Å². The third kappa shape index (κ3) is 3.42. The summed E-state index contributed by atoms with van der Waals surface area (Å²) in [6, 6.07) is 5.40. The molecule has 1 saturated heterocycles. The number of anilines is 1. The van der Waals surface area contributed by atoms with Gasteiger partial charge < -0.3 is 19.7 Å². The quantitative estimate of drug-likeness (QED) is 0.915. The molecule has 1 aliphatic heterocycles. The van der Waals surface area contributed by atoms with Crippen molar-refractivity contribution in [2.45, 2.75) is 12.8 Å². The molecule has 1 N–H and O–H groups in total. The number of nitrogens with one attached hydrogen (secondary N) is 1. The van der Waals surface area contributed by atoms with Crippen LogP contribution in [0.3, 0.4) is 0 Å². The summed E-state index contributed by atoms with van der Waals surface area (Å²) in [5.74, 6) is 1.40. The smallest absolute Gasteiger partial charge is 0.228 e. The zero-order valence-electron chi connectivity index (χ0n) is 12.3. The van der Waals surface area contributed by atoms with Crippen LogP contribution in [-0.2, 0) is 4.79 Å². The van der Waals surface area contributed by atoms with E-state index in [1.54, 1.807) is 26.4 Å². The van der Waals surface area contributed by atoms with E-state index in [1.165, 1.54) is 0 Å². The van der Waals surface area contributed by atoms with Crippen molar-refractivity contribution in [2.24, 2.45) is 5.92 Å². The molecule has 1 atom stereocenters. The highest BCUT2D eigenvalue weighted by atomic mass is 16.5. The molecule has 110 valence electrons. The maximum atomic E-state index is 12.3. The standard InChI is InChI=1S/C15H22N2O3/c1-17-8-4-5-11(10-17)15(18)16-12-6-7-13(19-2)14(9-12)20-3/h6-7,9,11H,4-5,8,10H2,1-3H3,(H,16,18)/t11-/m1/s1. The van der Waals surface area contributed by atoms with Gasteiger partial charge in [0, 0.05) is 18.3 Å². The lowest BCUT2D eigenvalue weighted by Gasteiger charge is -2.28. The van der Waals surface area contributed by atoms with Crippen molar-refractivity contribution in [3.8, 4) is 11.5 Å². The van der Waals surface area contributed by atoms with E-state index in [1.807, 2.05) is 6.07 Å². The van der Waals surface area contributed by atoms with E-state index in [2.05, 4.69) is 17.3 Å². The summed E-state index contributed by atoms with van der Waals surface area (Å²) in [4.78, 5) is 14.5. The number of hydrogen-bond donors (Lipinski definition) is 1. The first-order chi connectivity index (χ1) is 9.63. The van der Waals surface area contributed by atoms with Gasteiger partial charge in [-0.1, -0.05) is 0 Å². The molecule has 5 heteroatoms. The summed E-state index contributed by atoms with van der Waals surface area (Å²) in [6.07, 6.45) is 2.02. The Balaban J connectivity index is 2.03. The largest absolute Gasteiger partial charge is 0.493 e. The Morgan fingerprint density at radius 2 is 2.05 bits per heavy atom. The van der Waals surface area contributed by atoms with E-state index in [0.717, 1.165) is 31.6 Å². The lowest BCUT2D eigenvalue weighted by atomic mass is 9.97. The van der Waals surface area contributed by atoms with Crippen molar-refractivity contribution in [3.63, 3.8) is 0 Å². The molecule has 1 fully saturated rings. The van der Waals surface area contributed by atoms with Gasteiger partial charge in [0.2, 0.25) is 5.91 Å². The molecule has 0 bridgehead atoms. The predicted molar refractivity (Wildman–Crippen MR) is 78.4 cm³/mol. The molecule has 0 spiro atoms. The molecule has 1 aromatic rings. The van der Waals surface area contributed by atoms with Gasteiger partial charge in [0.05, 0.1) is 20.1 Å². The molecule has 20 heavy (non-hydrogen) atoms. The summed E-state index contributed by atoms with van der Waals surface area (Å²) in [5.41, 5.74) is 0.737. The lowest BCUT2D eigenvalue weighted by molar-refractivity contribution is -0.121. The first kappa shape index (κ1) is 14.7. The van der Waals surface area contributed by atoms with Crippen molar-refractivity contribution in [2.75, 3.05) is 39.7 Å². The summed E-state index contributed by atoms with van der Waals surface area (Å²) in [6.45, 7) is 1.89. The average Bonchev–Trinajstić information content (AvgIpc) is 2.47. The SMILES string of the molecule is COc1ccc(NC(=O)[C@@H]2CCCN(C)C2)cc1OC. The van der Waals surface area contributed by atoms with E-state index in [9.17, 15) is 4.79 Å². The van der Waals surface area contributed by atoms with Gasteiger partial charge in [0.25, 0.3) is 0 Å². The third-order valence-electron chi connectivity index (χ3n) is 3.65. The van der Waals surface area contributed by atoms with Crippen LogP contribution in [0.1, 0.15) is 12.8 Å². The van der Waals surface area contributed by atoms with Gasteiger partial charge in [0.15, 0.2) is 11.5 Å². The Hall–Kier alpha value is -1.75. The minimum absolute atomic E-state index is 0.0573. The fourth-order valence-corrected chi connectivity index (χ4v) is 2.54. The highest BCUT2D eigenvalue weighted by molar-refractivity contribution is 5.93. The van der Waals surface area contributed by atoms with E-state index < -0.39 is 0 Å². The maximum Gasteiger partial charge on any atom is 0.228 e. The Labute approximate surface area is 119 Å². The van der Waals surface area contributed by atoms with Gasteiger partial charge in [-0.25, -0.2) is 0 Å². The minimum atomic E-state index is 0.0573. The number of nitrogens with zero attached hydrogens (tertiary/aromatic N) is 1. The van der Waals surface area contributed by atoms with Crippen LogP contribution in [0.5, 0.6) is 11.5 Å². The number of piperidine rings is 1. The van der Waals surface area contributed by atoms with E-state index >= 15 is 0 Å². The number of carbonyl (C=O) groups excluding carboxylic acids is 1. The van der Waals surface area contributed by atoms with Crippen LogP contribution in [0.15, 0.2) is 18.2 Å². The van der Waals surface area contributed by atoms with E-state index in [4.69, 9.17) is 9.47 Å². The topological polar surface area (TPSA) is 50.8 Å². The molecular formula is C15H22N2O3. The molecule has 1 amide bonds. The second-order valence-electron chi connectivity index (χ2n) is 5.16. The first-order valence-corrected chi connectivity index (χ1v) is 6.85. The fraction of sp³-hybridized carbons (Fsp3) is 0.533. The molecule has 5 nitrogen and oxygen atoms in total. The number of benzene rings is 1. The Morgan fingerprint density at radius 1 is 1.30 bits per heavy atom. The highest BCUT2D eigenvalue weighted by Gasteiger charge is 2.24. The van der Waals surface area contributed by atoms with Crippen LogP contribution in [0.4, 0.5) is 5.69 Å². The maximum absolute atomic E-state index is 12.3. The van der Waals surface area contributed by atoms with Crippen LogP contribution in [0, 0.1) is 5.92 Å². The van der Waals surface area contributed by atoms with Crippen molar-refractivity contribution in [1.29, 1.82) is 0 Å². The summed E-state index contributed by atoms with van der Waals surface area (Å²) in [5, 5.41) is 2.96. The van der Waals surface area contributed by atoms with Crippen molar-refractivity contribution in [1.82, 2.24) is 4.90 Å². The number of hydrogen-bond acceptors (Lipinski definition) is 4. The molecular weight excluding hydrogens is 256 g/mol. The number of methoxy groups -OCH3 is 2. The average molecular weight is 278 g/mol. The number of likely N-dealkylation sites (tertiary alicyclic amines) is 1. The summed E-state index contributed by atoms with van der Waals surface area (Å²) in [7, 11) is 5.23.